The molecule has 3 rings (SSSR count). The number of benzene rings is 3. The maximum absolute atomic E-state index is 14.9. The average Bonchev–Trinajstić information content (AvgIpc) is 2.59. The number of rotatable bonds is 5. The van der Waals surface area contributed by atoms with Crippen LogP contribution in [0.3, 0.4) is 0 Å². The molecule has 0 unspecified atom stereocenters. The van der Waals surface area contributed by atoms with E-state index in [0.717, 1.165) is 16.7 Å². The highest BCUT2D eigenvalue weighted by Crippen LogP contribution is 2.23. The van der Waals surface area contributed by atoms with Gasteiger partial charge in [0.15, 0.2) is 0 Å². The Morgan fingerprint density at radius 3 is 1.88 bits per heavy atom. The quantitative estimate of drug-likeness (QED) is 0.756. The standard InChI is InChI=1S/C21H18FNO/c22-20-18(21(23)24)12-11-17(13-15-7-3-1-4-8-15)19(20)14-16-9-5-2-6-10-16/h1-12H,13-14H2,(H2,23,24). The zero-order valence-electron chi connectivity index (χ0n) is 13.2. The van der Waals surface area contributed by atoms with E-state index in [1.807, 2.05) is 60.7 Å². The molecule has 0 atom stereocenters. The number of primary amides is 1. The van der Waals surface area contributed by atoms with Crippen LogP contribution in [0.4, 0.5) is 4.39 Å². The highest BCUT2D eigenvalue weighted by atomic mass is 19.1. The van der Waals surface area contributed by atoms with Gasteiger partial charge in [-0.05, 0) is 34.7 Å². The Hall–Kier alpha value is -2.94. The van der Waals surface area contributed by atoms with Crippen LogP contribution in [0.2, 0.25) is 0 Å². The molecule has 2 N–H and O–H groups in total. The molecule has 24 heavy (non-hydrogen) atoms. The number of amides is 1. The van der Waals surface area contributed by atoms with E-state index in [2.05, 4.69) is 0 Å². The van der Waals surface area contributed by atoms with Gasteiger partial charge in [-0.25, -0.2) is 4.39 Å². The van der Waals surface area contributed by atoms with Crippen LogP contribution in [0, 0.1) is 5.82 Å². The molecule has 0 spiro atoms. The molecule has 120 valence electrons. The van der Waals surface area contributed by atoms with E-state index >= 15 is 0 Å². The largest absolute Gasteiger partial charge is 0.366 e. The second-order valence-corrected chi connectivity index (χ2v) is 5.75. The van der Waals surface area contributed by atoms with Crippen LogP contribution in [0.1, 0.15) is 32.6 Å². The van der Waals surface area contributed by atoms with Crippen molar-refractivity contribution in [1.82, 2.24) is 0 Å². The van der Waals surface area contributed by atoms with Gasteiger partial charge in [0.1, 0.15) is 5.82 Å². The van der Waals surface area contributed by atoms with Gasteiger partial charge >= 0.3 is 0 Å². The van der Waals surface area contributed by atoms with Gasteiger partial charge in [0.05, 0.1) is 5.56 Å². The molecule has 1 amide bonds. The molecular formula is C21H18FNO. The second-order valence-electron chi connectivity index (χ2n) is 5.75. The highest BCUT2D eigenvalue weighted by molar-refractivity contribution is 5.93. The SMILES string of the molecule is NC(=O)c1ccc(Cc2ccccc2)c(Cc2ccccc2)c1F. The topological polar surface area (TPSA) is 43.1 Å². The summed E-state index contributed by atoms with van der Waals surface area (Å²) in [4.78, 5) is 11.5. The summed E-state index contributed by atoms with van der Waals surface area (Å²) in [5, 5.41) is 0. The van der Waals surface area contributed by atoms with E-state index < -0.39 is 11.7 Å². The fourth-order valence-electron chi connectivity index (χ4n) is 2.82. The first-order chi connectivity index (χ1) is 11.6. The van der Waals surface area contributed by atoms with Crippen molar-refractivity contribution in [3.8, 4) is 0 Å². The maximum atomic E-state index is 14.9. The molecule has 0 bridgehead atoms. The Balaban J connectivity index is 2.04. The van der Waals surface area contributed by atoms with E-state index in [1.54, 1.807) is 6.07 Å². The summed E-state index contributed by atoms with van der Waals surface area (Å²) in [6, 6.07) is 22.8. The van der Waals surface area contributed by atoms with Gasteiger partial charge in [-0.3, -0.25) is 4.79 Å². The van der Waals surface area contributed by atoms with Crippen molar-refractivity contribution >= 4 is 5.91 Å². The summed E-state index contributed by atoms with van der Waals surface area (Å²) in [6.45, 7) is 0. The minimum Gasteiger partial charge on any atom is -0.366 e. The molecule has 0 aliphatic heterocycles. The third kappa shape index (κ3) is 3.51. The van der Waals surface area contributed by atoms with Crippen molar-refractivity contribution in [2.24, 2.45) is 5.73 Å². The number of nitrogens with two attached hydrogens (primary N) is 1. The molecule has 0 saturated carbocycles. The van der Waals surface area contributed by atoms with Crippen LogP contribution in [-0.2, 0) is 12.8 Å². The van der Waals surface area contributed by atoms with Gasteiger partial charge in [-0.15, -0.1) is 0 Å². The highest BCUT2D eigenvalue weighted by Gasteiger charge is 2.17. The van der Waals surface area contributed by atoms with Crippen LogP contribution in [-0.4, -0.2) is 5.91 Å². The van der Waals surface area contributed by atoms with Gasteiger partial charge in [0, 0.05) is 6.42 Å². The number of carbonyl (C=O) groups excluding carboxylic acids is 1. The fraction of sp³-hybridized carbons (Fsp3) is 0.0952. The third-order valence-electron chi connectivity index (χ3n) is 4.07. The average molecular weight is 319 g/mol. The predicted molar refractivity (Wildman–Crippen MR) is 93.4 cm³/mol. The van der Waals surface area contributed by atoms with Crippen LogP contribution in [0.15, 0.2) is 72.8 Å². The lowest BCUT2D eigenvalue weighted by atomic mass is 9.92. The zero-order valence-corrected chi connectivity index (χ0v) is 13.2. The summed E-state index contributed by atoms with van der Waals surface area (Å²) in [5.74, 6) is -1.26. The second kappa shape index (κ2) is 7.09. The van der Waals surface area contributed by atoms with Gasteiger partial charge in [-0.1, -0.05) is 66.7 Å². The first kappa shape index (κ1) is 15.9. The molecule has 3 aromatic carbocycles. The van der Waals surface area contributed by atoms with Crippen molar-refractivity contribution in [2.75, 3.05) is 0 Å². The molecule has 0 aliphatic rings. The summed E-state index contributed by atoms with van der Waals surface area (Å²) >= 11 is 0. The lowest BCUT2D eigenvalue weighted by molar-refractivity contribution is 0.0996. The Morgan fingerprint density at radius 1 is 0.792 bits per heavy atom. The fourth-order valence-corrected chi connectivity index (χ4v) is 2.82. The van der Waals surface area contributed by atoms with Crippen molar-refractivity contribution in [3.05, 3.63) is 106 Å². The van der Waals surface area contributed by atoms with Crippen molar-refractivity contribution in [1.29, 1.82) is 0 Å². The number of hydrogen-bond donors (Lipinski definition) is 1. The zero-order chi connectivity index (χ0) is 16.9. The molecule has 0 aliphatic carbocycles. The molecular weight excluding hydrogens is 301 g/mol. The van der Waals surface area contributed by atoms with Crippen molar-refractivity contribution < 1.29 is 9.18 Å². The van der Waals surface area contributed by atoms with E-state index in [-0.39, 0.29) is 5.56 Å². The molecule has 0 fully saturated rings. The maximum Gasteiger partial charge on any atom is 0.251 e. The smallest absolute Gasteiger partial charge is 0.251 e. The summed E-state index contributed by atoms with van der Waals surface area (Å²) in [6.07, 6.45) is 1.04. The van der Waals surface area contributed by atoms with Crippen LogP contribution in [0.5, 0.6) is 0 Å². The van der Waals surface area contributed by atoms with Crippen LogP contribution < -0.4 is 5.73 Å². The Labute approximate surface area is 140 Å². The summed E-state index contributed by atoms with van der Waals surface area (Å²) < 4.78 is 14.9. The molecule has 0 aromatic heterocycles. The number of hydrogen-bond acceptors (Lipinski definition) is 1. The third-order valence-corrected chi connectivity index (χ3v) is 4.07. The minimum absolute atomic E-state index is 0.0576. The Bertz CT molecular complexity index is 844. The molecule has 2 nitrogen and oxygen atoms in total. The minimum atomic E-state index is -0.743. The van der Waals surface area contributed by atoms with Gasteiger partial charge in [0.25, 0.3) is 5.91 Å². The lowest BCUT2D eigenvalue weighted by Crippen LogP contribution is -2.15. The van der Waals surface area contributed by atoms with Gasteiger partial charge in [-0.2, -0.15) is 0 Å². The number of halogens is 1. The Morgan fingerprint density at radius 2 is 1.33 bits per heavy atom. The lowest BCUT2D eigenvalue weighted by Gasteiger charge is -2.13. The molecule has 3 aromatic rings. The Kier molecular flexibility index (Phi) is 4.71. The normalized spacial score (nSPS) is 10.5. The van der Waals surface area contributed by atoms with E-state index in [1.165, 1.54) is 6.07 Å². The first-order valence-electron chi connectivity index (χ1n) is 7.83. The molecule has 3 heteroatoms. The first-order valence-corrected chi connectivity index (χ1v) is 7.83. The van der Waals surface area contributed by atoms with Crippen molar-refractivity contribution in [3.63, 3.8) is 0 Å². The summed E-state index contributed by atoms with van der Waals surface area (Å²) in [5.41, 5.74) is 8.73. The van der Waals surface area contributed by atoms with E-state index in [4.69, 9.17) is 5.73 Å². The molecule has 0 radical (unpaired) electrons. The van der Waals surface area contributed by atoms with Crippen molar-refractivity contribution in [2.45, 2.75) is 12.8 Å². The van der Waals surface area contributed by atoms with E-state index in [9.17, 15) is 9.18 Å². The number of carbonyl (C=O) groups is 1. The monoisotopic (exact) mass is 319 g/mol. The predicted octanol–water partition coefficient (Wildman–Crippen LogP) is 4.11. The van der Waals surface area contributed by atoms with Gasteiger partial charge in [0.2, 0.25) is 0 Å². The van der Waals surface area contributed by atoms with Gasteiger partial charge < -0.3 is 5.73 Å². The van der Waals surface area contributed by atoms with E-state index in [0.29, 0.717) is 18.4 Å². The van der Waals surface area contributed by atoms with Crippen LogP contribution >= 0.6 is 0 Å². The molecule has 0 saturated heterocycles. The molecule has 0 heterocycles. The summed E-state index contributed by atoms with van der Waals surface area (Å²) in [7, 11) is 0. The van der Waals surface area contributed by atoms with Crippen LogP contribution in [0.25, 0.3) is 0 Å².